The number of carbonyl (C=O) groups excluding carboxylic acids is 1. The van der Waals surface area contributed by atoms with Crippen molar-refractivity contribution in [3.8, 4) is 5.75 Å². The lowest BCUT2D eigenvalue weighted by atomic mass is 10.1. The maximum absolute atomic E-state index is 12.0. The second kappa shape index (κ2) is 4.93. The molecule has 0 bridgehead atoms. The van der Waals surface area contributed by atoms with E-state index in [0.29, 0.717) is 18.0 Å². The van der Waals surface area contributed by atoms with Crippen molar-refractivity contribution >= 4 is 17.5 Å². The first-order chi connectivity index (χ1) is 9.22. The lowest BCUT2D eigenvalue weighted by molar-refractivity contribution is -0.127. The molecular formula is C13H12ClN3O2. The molecule has 0 spiro atoms. The highest BCUT2D eigenvalue weighted by atomic mass is 35.5. The van der Waals surface area contributed by atoms with Gasteiger partial charge in [-0.3, -0.25) is 4.79 Å². The summed E-state index contributed by atoms with van der Waals surface area (Å²) in [5.74, 6) is 0.591. The van der Waals surface area contributed by atoms with Crippen LogP contribution in [0.25, 0.3) is 0 Å². The van der Waals surface area contributed by atoms with Crippen molar-refractivity contribution in [3.63, 3.8) is 0 Å². The van der Waals surface area contributed by atoms with Crippen LogP contribution >= 0.6 is 11.6 Å². The largest absolute Gasteiger partial charge is 0.480 e. The highest BCUT2D eigenvalue weighted by Gasteiger charge is 2.28. The number of nitrogens with zero attached hydrogens (tertiary/aromatic N) is 1. The number of nitrogens with one attached hydrogen (secondary N) is 2. The van der Waals surface area contributed by atoms with Gasteiger partial charge in [0.1, 0.15) is 5.75 Å². The fourth-order valence-corrected chi connectivity index (χ4v) is 2.24. The zero-order valence-corrected chi connectivity index (χ0v) is 10.8. The Morgan fingerprint density at radius 3 is 3.26 bits per heavy atom. The van der Waals surface area contributed by atoms with Crippen molar-refractivity contribution in [1.82, 2.24) is 15.3 Å². The first kappa shape index (κ1) is 12.0. The van der Waals surface area contributed by atoms with Gasteiger partial charge in [-0.2, -0.15) is 0 Å². The summed E-state index contributed by atoms with van der Waals surface area (Å²) in [6, 6.07) is 5.38. The second-order valence-corrected chi connectivity index (χ2v) is 4.79. The predicted molar refractivity (Wildman–Crippen MR) is 70.0 cm³/mol. The molecule has 98 valence electrons. The summed E-state index contributed by atoms with van der Waals surface area (Å²) < 4.78 is 5.60. The normalized spacial score (nSPS) is 16.8. The van der Waals surface area contributed by atoms with Crippen molar-refractivity contribution in [3.05, 3.63) is 47.0 Å². The van der Waals surface area contributed by atoms with Crippen LogP contribution in [0.3, 0.4) is 0 Å². The van der Waals surface area contributed by atoms with E-state index in [1.165, 1.54) is 0 Å². The summed E-state index contributed by atoms with van der Waals surface area (Å²) in [6.45, 7) is 0.412. The van der Waals surface area contributed by atoms with E-state index in [2.05, 4.69) is 15.3 Å². The number of hydrogen-bond donors (Lipinski definition) is 2. The highest BCUT2D eigenvalue weighted by Crippen LogP contribution is 2.31. The molecule has 3 rings (SSSR count). The Bertz CT molecular complexity index is 598. The molecule has 0 saturated carbocycles. The van der Waals surface area contributed by atoms with E-state index in [4.69, 9.17) is 16.3 Å². The number of aromatic nitrogens is 2. The number of fused-ring (bicyclic) bond motifs is 1. The molecule has 0 saturated heterocycles. The zero-order chi connectivity index (χ0) is 13.2. The Hall–Kier alpha value is -2.01. The molecule has 2 aromatic rings. The zero-order valence-electron chi connectivity index (χ0n) is 10.0. The molecule has 0 fully saturated rings. The van der Waals surface area contributed by atoms with Gasteiger partial charge in [0.15, 0.2) is 6.10 Å². The number of halogens is 1. The topological polar surface area (TPSA) is 67.0 Å². The number of rotatable bonds is 3. The molecule has 1 amide bonds. The summed E-state index contributed by atoms with van der Waals surface area (Å²) in [6.07, 6.45) is 3.30. The maximum atomic E-state index is 12.0. The summed E-state index contributed by atoms with van der Waals surface area (Å²) in [7, 11) is 0. The van der Waals surface area contributed by atoms with Crippen molar-refractivity contribution in [2.45, 2.75) is 19.1 Å². The third-order valence-electron chi connectivity index (χ3n) is 3.00. The molecule has 2 N–H and O–H groups in total. The predicted octanol–water partition coefficient (Wildman–Crippen LogP) is 1.68. The van der Waals surface area contributed by atoms with Crippen LogP contribution in [-0.2, 0) is 17.8 Å². The minimum atomic E-state index is -0.489. The van der Waals surface area contributed by atoms with E-state index < -0.39 is 6.10 Å². The van der Waals surface area contributed by atoms with Gasteiger partial charge in [-0.05, 0) is 23.8 Å². The third-order valence-corrected chi connectivity index (χ3v) is 3.23. The SMILES string of the molecule is O=C(NCc1cnc[nH]1)C1Cc2cc(Cl)ccc2O1. The lowest BCUT2D eigenvalue weighted by Crippen LogP contribution is -2.37. The van der Waals surface area contributed by atoms with Crippen molar-refractivity contribution < 1.29 is 9.53 Å². The van der Waals surface area contributed by atoms with Gasteiger partial charge in [0.2, 0.25) is 0 Å². The molecule has 2 heterocycles. The Labute approximate surface area is 114 Å². The molecule has 1 aliphatic heterocycles. The summed E-state index contributed by atoms with van der Waals surface area (Å²) in [5.41, 5.74) is 1.82. The van der Waals surface area contributed by atoms with E-state index in [9.17, 15) is 4.79 Å². The summed E-state index contributed by atoms with van der Waals surface area (Å²) in [4.78, 5) is 18.8. The summed E-state index contributed by atoms with van der Waals surface area (Å²) >= 11 is 5.91. The van der Waals surface area contributed by atoms with E-state index in [1.54, 1.807) is 24.7 Å². The van der Waals surface area contributed by atoms with E-state index in [1.807, 2.05) is 6.07 Å². The second-order valence-electron chi connectivity index (χ2n) is 4.36. The lowest BCUT2D eigenvalue weighted by Gasteiger charge is -2.10. The smallest absolute Gasteiger partial charge is 0.261 e. The molecule has 1 aromatic heterocycles. The Kier molecular flexibility index (Phi) is 3.13. The standard InChI is InChI=1S/C13H12ClN3O2/c14-9-1-2-11-8(3-9)4-12(19-11)13(18)16-6-10-5-15-7-17-10/h1-3,5,7,12H,4,6H2,(H,15,17)(H,16,18). The average molecular weight is 278 g/mol. The number of hydrogen-bond acceptors (Lipinski definition) is 3. The molecule has 19 heavy (non-hydrogen) atoms. The van der Waals surface area contributed by atoms with Gasteiger partial charge in [-0.15, -0.1) is 0 Å². The average Bonchev–Trinajstić information content (AvgIpc) is 3.04. The maximum Gasteiger partial charge on any atom is 0.261 e. The van der Waals surface area contributed by atoms with Crippen LogP contribution in [0.1, 0.15) is 11.3 Å². The van der Waals surface area contributed by atoms with Crippen LogP contribution < -0.4 is 10.1 Å². The van der Waals surface area contributed by atoms with Crippen molar-refractivity contribution in [1.29, 1.82) is 0 Å². The Balaban J connectivity index is 1.61. The molecule has 1 aromatic carbocycles. The minimum absolute atomic E-state index is 0.137. The van der Waals surface area contributed by atoms with Crippen LogP contribution in [0.4, 0.5) is 0 Å². The number of ether oxygens (including phenoxy) is 1. The molecular weight excluding hydrogens is 266 g/mol. The van der Waals surface area contributed by atoms with Gasteiger partial charge >= 0.3 is 0 Å². The number of H-pyrrole nitrogens is 1. The van der Waals surface area contributed by atoms with Gasteiger partial charge in [0.05, 0.1) is 18.6 Å². The molecule has 6 heteroatoms. The quantitative estimate of drug-likeness (QED) is 0.897. The van der Waals surface area contributed by atoms with Crippen LogP contribution in [-0.4, -0.2) is 22.0 Å². The van der Waals surface area contributed by atoms with Gasteiger partial charge in [-0.25, -0.2) is 4.98 Å². The number of aromatic amines is 1. The third kappa shape index (κ3) is 2.56. The number of benzene rings is 1. The molecule has 1 unspecified atom stereocenters. The number of imidazole rings is 1. The number of amides is 1. The van der Waals surface area contributed by atoms with E-state index >= 15 is 0 Å². The Morgan fingerprint density at radius 1 is 1.58 bits per heavy atom. The van der Waals surface area contributed by atoms with Gasteiger partial charge in [-0.1, -0.05) is 11.6 Å². The van der Waals surface area contributed by atoms with E-state index in [-0.39, 0.29) is 5.91 Å². The van der Waals surface area contributed by atoms with Gasteiger partial charge in [0.25, 0.3) is 5.91 Å². The number of carbonyl (C=O) groups is 1. The van der Waals surface area contributed by atoms with E-state index in [0.717, 1.165) is 17.0 Å². The molecule has 1 atom stereocenters. The molecule has 5 nitrogen and oxygen atoms in total. The van der Waals surface area contributed by atoms with Crippen LogP contribution in [0.2, 0.25) is 5.02 Å². The summed E-state index contributed by atoms with van der Waals surface area (Å²) in [5, 5.41) is 3.46. The van der Waals surface area contributed by atoms with Crippen LogP contribution in [0, 0.1) is 0 Å². The van der Waals surface area contributed by atoms with Crippen molar-refractivity contribution in [2.24, 2.45) is 0 Å². The van der Waals surface area contributed by atoms with Crippen LogP contribution in [0.5, 0.6) is 5.75 Å². The first-order valence-electron chi connectivity index (χ1n) is 5.92. The van der Waals surface area contributed by atoms with Crippen molar-refractivity contribution in [2.75, 3.05) is 0 Å². The molecule has 1 aliphatic rings. The molecule has 0 aliphatic carbocycles. The monoisotopic (exact) mass is 277 g/mol. The fourth-order valence-electron chi connectivity index (χ4n) is 2.04. The van der Waals surface area contributed by atoms with Crippen LogP contribution in [0.15, 0.2) is 30.7 Å². The fraction of sp³-hybridized carbons (Fsp3) is 0.231. The first-order valence-corrected chi connectivity index (χ1v) is 6.30. The Morgan fingerprint density at radius 2 is 2.47 bits per heavy atom. The minimum Gasteiger partial charge on any atom is -0.480 e. The molecule has 0 radical (unpaired) electrons. The highest BCUT2D eigenvalue weighted by molar-refractivity contribution is 6.30. The van der Waals surface area contributed by atoms with Gasteiger partial charge in [0, 0.05) is 17.6 Å². The van der Waals surface area contributed by atoms with Gasteiger partial charge < -0.3 is 15.0 Å².